The molecule has 37 heavy (non-hydrogen) atoms. The number of hydrogen-bond donors (Lipinski definition) is 2. The first kappa shape index (κ1) is 26.5. The van der Waals surface area contributed by atoms with Gasteiger partial charge in [0.15, 0.2) is 0 Å². The first-order valence-electron chi connectivity index (χ1n) is 11.2. The maximum atomic E-state index is 12.7. The standard InChI is InChI=1S/C27H21Cl3N2O5/c1-14(2)25-19(24(32-37-25)23-20(28)7-4-8-21(23)29)13-36-17-9-10-18(22(30)12-17)26(33)31-16-6-3-5-15(11-16)27(34)35/h3-12,14H,13H2,1-2H3,(H,31,33)(H,34,35). The fourth-order valence-corrected chi connectivity index (χ4v) is 4.52. The summed E-state index contributed by atoms with van der Waals surface area (Å²) in [5.41, 5.74) is 2.33. The fraction of sp³-hybridized carbons (Fsp3) is 0.148. The molecule has 0 aliphatic carbocycles. The van der Waals surface area contributed by atoms with Crippen LogP contribution in [0.5, 0.6) is 5.75 Å². The van der Waals surface area contributed by atoms with Crippen LogP contribution in [-0.4, -0.2) is 22.1 Å². The minimum Gasteiger partial charge on any atom is -0.489 e. The average molecular weight is 560 g/mol. The number of aromatic carboxylic acids is 1. The van der Waals surface area contributed by atoms with Crippen LogP contribution in [0.4, 0.5) is 5.69 Å². The van der Waals surface area contributed by atoms with E-state index in [1.165, 1.54) is 30.3 Å². The van der Waals surface area contributed by atoms with E-state index in [9.17, 15) is 9.59 Å². The number of ether oxygens (including phenoxy) is 1. The van der Waals surface area contributed by atoms with Gasteiger partial charge in [-0.15, -0.1) is 0 Å². The van der Waals surface area contributed by atoms with Crippen molar-refractivity contribution < 1.29 is 24.0 Å². The summed E-state index contributed by atoms with van der Waals surface area (Å²) in [5.74, 6) is -0.506. The van der Waals surface area contributed by atoms with Crippen molar-refractivity contribution in [3.63, 3.8) is 0 Å². The normalized spacial score (nSPS) is 11.0. The number of nitrogens with zero attached hydrogens (tertiary/aromatic N) is 1. The van der Waals surface area contributed by atoms with Crippen molar-refractivity contribution in [1.82, 2.24) is 5.16 Å². The van der Waals surface area contributed by atoms with E-state index < -0.39 is 11.9 Å². The lowest BCUT2D eigenvalue weighted by Crippen LogP contribution is -2.13. The third-order valence-electron chi connectivity index (χ3n) is 5.48. The number of nitrogens with one attached hydrogen (secondary N) is 1. The molecule has 0 radical (unpaired) electrons. The molecule has 1 amide bonds. The molecule has 1 heterocycles. The van der Waals surface area contributed by atoms with Gasteiger partial charge < -0.3 is 19.7 Å². The van der Waals surface area contributed by atoms with Crippen LogP contribution < -0.4 is 10.1 Å². The quantitative estimate of drug-likeness (QED) is 0.227. The van der Waals surface area contributed by atoms with E-state index in [-0.39, 0.29) is 28.7 Å². The summed E-state index contributed by atoms with van der Waals surface area (Å²) in [6.45, 7) is 4.04. The predicted octanol–water partition coefficient (Wildman–Crippen LogP) is 7.95. The number of rotatable bonds is 8. The summed E-state index contributed by atoms with van der Waals surface area (Å²) in [5, 5.41) is 17.0. The lowest BCUT2D eigenvalue weighted by atomic mass is 10.0. The Morgan fingerprint density at radius 3 is 2.35 bits per heavy atom. The van der Waals surface area contributed by atoms with E-state index in [1.807, 2.05) is 13.8 Å². The van der Waals surface area contributed by atoms with Crippen LogP contribution in [0.15, 0.2) is 65.2 Å². The molecule has 0 spiro atoms. The second-order valence-corrected chi connectivity index (χ2v) is 9.62. The molecule has 0 saturated carbocycles. The van der Waals surface area contributed by atoms with E-state index in [1.54, 1.807) is 30.3 Å². The van der Waals surface area contributed by atoms with Crippen molar-refractivity contribution >= 4 is 52.4 Å². The number of benzene rings is 3. The van der Waals surface area contributed by atoms with Crippen LogP contribution in [0.1, 0.15) is 51.8 Å². The Morgan fingerprint density at radius 2 is 1.70 bits per heavy atom. The number of carboxylic acids is 1. The second-order valence-electron chi connectivity index (χ2n) is 8.40. The molecule has 0 aliphatic heterocycles. The van der Waals surface area contributed by atoms with Gasteiger partial charge in [0.2, 0.25) is 0 Å². The monoisotopic (exact) mass is 558 g/mol. The van der Waals surface area contributed by atoms with Gasteiger partial charge in [-0.2, -0.15) is 0 Å². The number of carboxylic acid groups (broad SMARTS) is 1. The van der Waals surface area contributed by atoms with Gasteiger partial charge in [-0.25, -0.2) is 4.79 Å². The summed E-state index contributed by atoms with van der Waals surface area (Å²) in [4.78, 5) is 23.9. The molecule has 0 fully saturated rings. The summed E-state index contributed by atoms with van der Waals surface area (Å²) in [6, 6.07) is 15.8. The van der Waals surface area contributed by atoms with E-state index in [0.717, 1.165) is 0 Å². The van der Waals surface area contributed by atoms with E-state index >= 15 is 0 Å². The Bertz CT molecular complexity index is 1460. The van der Waals surface area contributed by atoms with Gasteiger partial charge >= 0.3 is 5.97 Å². The Kier molecular flexibility index (Phi) is 8.07. The highest BCUT2D eigenvalue weighted by Crippen LogP contribution is 2.39. The van der Waals surface area contributed by atoms with Gasteiger partial charge in [-0.05, 0) is 48.5 Å². The summed E-state index contributed by atoms with van der Waals surface area (Å²) >= 11 is 19.2. The van der Waals surface area contributed by atoms with Gasteiger partial charge in [0.25, 0.3) is 5.91 Å². The van der Waals surface area contributed by atoms with E-state index in [0.29, 0.717) is 44.1 Å². The number of hydrogen-bond acceptors (Lipinski definition) is 5. The van der Waals surface area contributed by atoms with Gasteiger partial charge in [-0.1, -0.05) is 65.9 Å². The molecule has 10 heteroatoms. The minimum atomic E-state index is -1.09. The van der Waals surface area contributed by atoms with E-state index in [2.05, 4.69) is 10.5 Å². The third-order valence-corrected chi connectivity index (χ3v) is 6.42. The fourth-order valence-electron chi connectivity index (χ4n) is 3.69. The Morgan fingerprint density at radius 1 is 1.00 bits per heavy atom. The van der Waals surface area contributed by atoms with Crippen molar-refractivity contribution in [1.29, 1.82) is 0 Å². The van der Waals surface area contributed by atoms with Gasteiger partial charge in [0.05, 0.1) is 31.8 Å². The molecule has 0 bridgehead atoms. The largest absolute Gasteiger partial charge is 0.489 e. The molecule has 3 aromatic carbocycles. The maximum Gasteiger partial charge on any atom is 0.335 e. The highest BCUT2D eigenvalue weighted by atomic mass is 35.5. The molecule has 0 atom stereocenters. The molecule has 0 saturated heterocycles. The molecular formula is C27H21Cl3N2O5. The first-order valence-corrected chi connectivity index (χ1v) is 12.3. The topological polar surface area (TPSA) is 102 Å². The average Bonchev–Trinajstić information content (AvgIpc) is 3.26. The predicted molar refractivity (Wildman–Crippen MR) is 143 cm³/mol. The van der Waals surface area contributed by atoms with Crippen molar-refractivity contribution in [2.45, 2.75) is 26.4 Å². The molecular weight excluding hydrogens is 539 g/mol. The molecule has 0 unspecified atom stereocenters. The Balaban J connectivity index is 1.54. The van der Waals surface area contributed by atoms with Crippen molar-refractivity contribution in [3.05, 3.63) is 98.2 Å². The number of halogens is 3. The minimum absolute atomic E-state index is 0.0235. The lowest BCUT2D eigenvalue weighted by molar-refractivity contribution is 0.0696. The number of carbonyl (C=O) groups excluding carboxylic acids is 1. The number of aromatic nitrogens is 1. The van der Waals surface area contributed by atoms with Crippen LogP contribution >= 0.6 is 34.8 Å². The number of carbonyl (C=O) groups is 2. The summed E-state index contributed by atoms with van der Waals surface area (Å²) in [6.07, 6.45) is 0. The SMILES string of the molecule is CC(C)c1onc(-c2c(Cl)cccc2Cl)c1COc1ccc(C(=O)Nc2cccc(C(=O)O)c2)c(Cl)c1. The Hall–Kier alpha value is -3.52. The zero-order valence-electron chi connectivity index (χ0n) is 19.7. The van der Waals surface area contributed by atoms with Crippen LogP contribution in [0, 0.1) is 0 Å². The van der Waals surface area contributed by atoms with Crippen molar-refractivity contribution in [3.8, 4) is 17.0 Å². The Labute approximate surface area is 227 Å². The zero-order chi connectivity index (χ0) is 26.7. The van der Waals surface area contributed by atoms with Gasteiger partial charge in [0, 0.05) is 17.2 Å². The molecule has 190 valence electrons. The van der Waals surface area contributed by atoms with Crippen LogP contribution in [0.3, 0.4) is 0 Å². The van der Waals surface area contributed by atoms with E-state index in [4.69, 9.17) is 49.2 Å². The molecule has 4 rings (SSSR count). The van der Waals surface area contributed by atoms with Crippen molar-refractivity contribution in [2.75, 3.05) is 5.32 Å². The van der Waals surface area contributed by atoms with Gasteiger partial charge in [-0.3, -0.25) is 4.79 Å². The highest BCUT2D eigenvalue weighted by molar-refractivity contribution is 6.39. The summed E-state index contributed by atoms with van der Waals surface area (Å²) < 4.78 is 11.6. The second kappa shape index (κ2) is 11.3. The molecule has 0 aliphatic rings. The summed E-state index contributed by atoms with van der Waals surface area (Å²) in [7, 11) is 0. The lowest BCUT2D eigenvalue weighted by Gasteiger charge is -2.12. The van der Waals surface area contributed by atoms with Gasteiger partial charge in [0.1, 0.15) is 23.8 Å². The number of anilines is 1. The van der Waals surface area contributed by atoms with Crippen LogP contribution in [-0.2, 0) is 6.61 Å². The maximum absolute atomic E-state index is 12.7. The van der Waals surface area contributed by atoms with Crippen LogP contribution in [0.2, 0.25) is 15.1 Å². The van der Waals surface area contributed by atoms with Crippen molar-refractivity contribution in [2.24, 2.45) is 0 Å². The molecule has 7 nitrogen and oxygen atoms in total. The number of amides is 1. The first-order chi connectivity index (χ1) is 17.7. The van der Waals surface area contributed by atoms with Crippen LogP contribution in [0.25, 0.3) is 11.3 Å². The molecule has 4 aromatic rings. The zero-order valence-corrected chi connectivity index (χ0v) is 22.0. The molecule has 2 N–H and O–H groups in total. The molecule has 1 aromatic heterocycles. The smallest absolute Gasteiger partial charge is 0.335 e. The highest BCUT2D eigenvalue weighted by Gasteiger charge is 2.24. The third kappa shape index (κ3) is 5.91.